The highest BCUT2D eigenvalue weighted by atomic mass is 16.5. The van der Waals surface area contributed by atoms with Crippen LogP contribution in [0, 0.1) is 0 Å². The van der Waals surface area contributed by atoms with Gasteiger partial charge in [0.25, 0.3) is 0 Å². The molecule has 0 aliphatic heterocycles. The summed E-state index contributed by atoms with van der Waals surface area (Å²) in [6.07, 6.45) is 105. The number of unbranched alkanes of at least 4 members (excludes halogenated alkanes) is 71. The van der Waals surface area contributed by atoms with Gasteiger partial charge >= 0.3 is 5.97 Å². The van der Waals surface area contributed by atoms with E-state index >= 15 is 0 Å². The molecule has 2 unspecified atom stereocenters. The normalized spacial score (nSPS) is 12.4. The number of carbonyl (C=O) groups is 2. The second kappa shape index (κ2) is 82.0. The summed E-state index contributed by atoms with van der Waals surface area (Å²) in [5, 5.41) is 23.3. The van der Waals surface area contributed by atoms with Crippen molar-refractivity contribution >= 4 is 11.9 Å². The molecule has 0 spiro atoms. The fourth-order valence-corrected chi connectivity index (χ4v) is 14.1. The molecule has 0 aromatic rings. The van der Waals surface area contributed by atoms with Crippen molar-refractivity contribution in [2.24, 2.45) is 0 Å². The van der Waals surface area contributed by atoms with Gasteiger partial charge in [-0.2, -0.15) is 0 Å². The molecule has 0 heterocycles. The van der Waals surface area contributed by atoms with Gasteiger partial charge in [0.05, 0.1) is 25.4 Å². The molecule has 548 valence electrons. The number of rotatable bonds is 82. The smallest absolute Gasteiger partial charge is 0.305 e. The van der Waals surface area contributed by atoms with Gasteiger partial charge in [0, 0.05) is 12.8 Å². The summed E-state index contributed by atoms with van der Waals surface area (Å²) >= 11 is 0. The Labute approximate surface area is 578 Å². The molecule has 0 rings (SSSR count). The number of esters is 1. The lowest BCUT2D eigenvalue weighted by molar-refractivity contribution is -0.143. The number of carbonyl (C=O) groups excluding carboxylic acids is 2. The van der Waals surface area contributed by atoms with Crippen LogP contribution in [0.25, 0.3) is 0 Å². The Hall–Kier alpha value is -1.40. The second-order valence-corrected chi connectivity index (χ2v) is 29.9. The Balaban J connectivity index is 3.31. The van der Waals surface area contributed by atoms with E-state index in [0.717, 1.165) is 38.5 Å². The van der Waals surface area contributed by atoms with Crippen LogP contribution in [0.1, 0.15) is 502 Å². The SMILES string of the molecule is CCCCCCCCCCCCCCCCCCCCC/C=C/C(O)C(CO)NC(=O)CCCCCCCCCCCCCCCCCCCCCCCCCCCCCCCCCCCCCCCOC(=O)CCCCCCCCCCCCCCCCCCC. The van der Waals surface area contributed by atoms with E-state index in [-0.39, 0.29) is 18.5 Å². The van der Waals surface area contributed by atoms with Gasteiger partial charge in [0.2, 0.25) is 5.91 Å². The van der Waals surface area contributed by atoms with Crippen LogP contribution in [0.15, 0.2) is 12.2 Å². The van der Waals surface area contributed by atoms with E-state index in [4.69, 9.17) is 4.74 Å². The zero-order valence-electron chi connectivity index (χ0n) is 63.1. The lowest BCUT2D eigenvalue weighted by atomic mass is 10.0. The van der Waals surface area contributed by atoms with E-state index in [2.05, 4.69) is 19.2 Å². The van der Waals surface area contributed by atoms with E-state index in [0.29, 0.717) is 19.4 Å². The molecule has 0 bridgehead atoms. The standard InChI is InChI=1S/C86H169NO5/c1-3-5-7-9-11-13-15-17-19-21-22-40-43-47-50-54-58-62-66-70-74-78-84(89)83(82-88)87-85(90)79-75-71-67-63-59-55-51-48-44-41-38-36-34-32-30-28-26-24-23-25-27-29-31-33-35-37-39-42-45-49-53-57-61-65-69-73-77-81-92-86(91)80-76-72-68-64-60-56-52-46-20-18-16-14-12-10-8-6-4-2/h74,78,83-84,88-89H,3-73,75-77,79-82H2,1-2H3,(H,87,90)/b78-74+. The predicted octanol–water partition coefficient (Wildman–Crippen LogP) is 28.6. The Kier molecular flexibility index (Phi) is 80.8. The Morgan fingerprint density at radius 2 is 0.500 bits per heavy atom. The van der Waals surface area contributed by atoms with Crippen molar-refractivity contribution in [2.75, 3.05) is 13.2 Å². The van der Waals surface area contributed by atoms with Gasteiger partial charge in [-0.15, -0.1) is 0 Å². The minimum absolute atomic E-state index is 0.0286. The van der Waals surface area contributed by atoms with Crippen LogP contribution in [-0.2, 0) is 14.3 Å². The zero-order valence-corrected chi connectivity index (χ0v) is 63.1. The largest absolute Gasteiger partial charge is 0.466 e. The molecule has 0 saturated heterocycles. The third kappa shape index (κ3) is 77.6. The molecule has 0 aliphatic rings. The topological polar surface area (TPSA) is 95.9 Å². The minimum atomic E-state index is -0.841. The van der Waals surface area contributed by atoms with Crippen molar-refractivity contribution in [1.29, 1.82) is 0 Å². The molecule has 1 amide bonds. The molecular weight excluding hydrogens is 1130 g/mol. The summed E-state index contributed by atoms with van der Waals surface area (Å²) in [6.45, 7) is 4.98. The quantitative estimate of drug-likeness (QED) is 0.0320. The number of amides is 1. The molecule has 6 heteroatoms. The first-order valence-corrected chi connectivity index (χ1v) is 43.0. The summed E-state index contributed by atoms with van der Waals surface area (Å²) in [4.78, 5) is 24.7. The summed E-state index contributed by atoms with van der Waals surface area (Å²) in [6, 6.07) is -0.624. The Morgan fingerprint density at radius 1 is 0.293 bits per heavy atom. The van der Waals surface area contributed by atoms with E-state index < -0.39 is 12.1 Å². The number of hydrogen-bond donors (Lipinski definition) is 3. The van der Waals surface area contributed by atoms with Crippen LogP contribution in [0.5, 0.6) is 0 Å². The summed E-state index contributed by atoms with van der Waals surface area (Å²) in [5.41, 5.74) is 0. The van der Waals surface area contributed by atoms with E-state index in [9.17, 15) is 19.8 Å². The van der Waals surface area contributed by atoms with Crippen molar-refractivity contribution in [2.45, 2.75) is 514 Å². The van der Waals surface area contributed by atoms with E-state index in [1.165, 1.54) is 437 Å². The Morgan fingerprint density at radius 3 is 0.739 bits per heavy atom. The number of allylic oxidation sites excluding steroid dienone is 1. The van der Waals surface area contributed by atoms with Gasteiger partial charge in [0.15, 0.2) is 0 Å². The summed E-state index contributed by atoms with van der Waals surface area (Å²) < 4.78 is 5.52. The monoisotopic (exact) mass is 1300 g/mol. The molecule has 0 radical (unpaired) electrons. The van der Waals surface area contributed by atoms with Gasteiger partial charge in [-0.3, -0.25) is 9.59 Å². The number of nitrogens with one attached hydrogen (secondary N) is 1. The molecular formula is C86H169NO5. The highest BCUT2D eigenvalue weighted by molar-refractivity contribution is 5.76. The minimum Gasteiger partial charge on any atom is -0.466 e. The highest BCUT2D eigenvalue weighted by Crippen LogP contribution is 2.21. The van der Waals surface area contributed by atoms with Crippen LogP contribution < -0.4 is 5.32 Å². The average molecular weight is 1300 g/mol. The highest BCUT2D eigenvalue weighted by Gasteiger charge is 2.18. The predicted molar refractivity (Wildman–Crippen MR) is 407 cm³/mol. The first-order chi connectivity index (χ1) is 45.5. The molecule has 92 heavy (non-hydrogen) atoms. The van der Waals surface area contributed by atoms with Gasteiger partial charge in [-0.05, 0) is 32.1 Å². The third-order valence-electron chi connectivity index (χ3n) is 20.6. The lowest BCUT2D eigenvalue weighted by Gasteiger charge is -2.20. The van der Waals surface area contributed by atoms with Gasteiger partial charge in [-0.1, -0.05) is 469 Å². The molecule has 0 fully saturated rings. The van der Waals surface area contributed by atoms with E-state index in [1.54, 1.807) is 6.08 Å². The van der Waals surface area contributed by atoms with Crippen LogP contribution in [0.3, 0.4) is 0 Å². The van der Waals surface area contributed by atoms with Crippen molar-refractivity contribution in [3.8, 4) is 0 Å². The molecule has 0 aromatic heterocycles. The first-order valence-electron chi connectivity index (χ1n) is 43.0. The molecule has 3 N–H and O–H groups in total. The van der Waals surface area contributed by atoms with Crippen LogP contribution in [-0.4, -0.2) is 47.4 Å². The Bertz CT molecular complexity index is 1400. The fourth-order valence-electron chi connectivity index (χ4n) is 14.1. The van der Waals surface area contributed by atoms with Crippen LogP contribution >= 0.6 is 0 Å². The molecule has 0 saturated carbocycles. The van der Waals surface area contributed by atoms with Crippen molar-refractivity contribution in [3.05, 3.63) is 12.2 Å². The third-order valence-corrected chi connectivity index (χ3v) is 20.6. The van der Waals surface area contributed by atoms with Crippen molar-refractivity contribution in [3.63, 3.8) is 0 Å². The molecule has 2 atom stereocenters. The molecule has 6 nitrogen and oxygen atoms in total. The van der Waals surface area contributed by atoms with Crippen molar-refractivity contribution in [1.82, 2.24) is 5.32 Å². The van der Waals surface area contributed by atoms with Gasteiger partial charge in [0.1, 0.15) is 0 Å². The number of hydrogen-bond acceptors (Lipinski definition) is 5. The average Bonchev–Trinajstić information content (AvgIpc) is 3.76. The summed E-state index contributed by atoms with van der Waals surface area (Å²) in [5.74, 6) is -0.0281. The lowest BCUT2D eigenvalue weighted by Crippen LogP contribution is -2.45. The molecule has 0 aromatic carbocycles. The molecule has 0 aliphatic carbocycles. The van der Waals surface area contributed by atoms with E-state index in [1.807, 2.05) is 6.08 Å². The van der Waals surface area contributed by atoms with Gasteiger partial charge < -0.3 is 20.3 Å². The first kappa shape index (κ1) is 90.6. The van der Waals surface area contributed by atoms with Gasteiger partial charge in [-0.25, -0.2) is 0 Å². The number of aliphatic hydroxyl groups excluding tert-OH is 2. The fraction of sp³-hybridized carbons (Fsp3) is 0.953. The number of aliphatic hydroxyl groups is 2. The maximum absolute atomic E-state index is 12.6. The van der Waals surface area contributed by atoms with Crippen LogP contribution in [0.4, 0.5) is 0 Å². The number of ether oxygens (including phenoxy) is 1. The maximum atomic E-state index is 12.6. The zero-order chi connectivity index (χ0) is 66.3. The summed E-state index contributed by atoms with van der Waals surface area (Å²) in [7, 11) is 0. The van der Waals surface area contributed by atoms with Crippen LogP contribution in [0.2, 0.25) is 0 Å². The second-order valence-electron chi connectivity index (χ2n) is 29.9. The maximum Gasteiger partial charge on any atom is 0.305 e. The van der Waals surface area contributed by atoms with Crippen molar-refractivity contribution < 1.29 is 24.5 Å².